The van der Waals surface area contributed by atoms with Crippen LogP contribution in [0.2, 0.25) is 0 Å². The van der Waals surface area contributed by atoms with E-state index in [4.69, 9.17) is 19.3 Å². The van der Waals surface area contributed by atoms with Crippen molar-refractivity contribution in [2.75, 3.05) is 20.3 Å². The summed E-state index contributed by atoms with van der Waals surface area (Å²) in [5, 5.41) is 7.14. The Kier molecular flexibility index (Phi) is 5.20. The molecule has 22 heavy (non-hydrogen) atoms. The molecule has 3 atom stereocenters. The fourth-order valence-corrected chi connectivity index (χ4v) is 3.52. The molecule has 0 amide bonds. The number of ether oxygens (including phenoxy) is 3. The van der Waals surface area contributed by atoms with Crippen LogP contribution in [0.4, 0.5) is 0 Å². The van der Waals surface area contributed by atoms with E-state index in [1.165, 1.54) is 0 Å². The van der Waals surface area contributed by atoms with Crippen molar-refractivity contribution in [3.8, 4) is 0 Å². The summed E-state index contributed by atoms with van der Waals surface area (Å²) in [4.78, 5) is 0. The first-order valence-electron chi connectivity index (χ1n) is 8.42. The summed E-state index contributed by atoms with van der Waals surface area (Å²) in [5.41, 5.74) is 0.575. The van der Waals surface area contributed by atoms with Crippen LogP contribution in [-0.2, 0) is 14.2 Å². The maximum absolute atomic E-state index is 6.30. The van der Waals surface area contributed by atoms with Crippen LogP contribution >= 0.6 is 0 Å². The molecule has 2 heterocycles. The second-order valence-electron chi connectivity index (χ2n) is 7.42. The second-order valence-corrected chi connectivity index (χ2v) is 7.42. The van der Waals surface area contributed by atoms with Gasteiger partial charge in [-0.3, -0.25) is 5.01 Å². The molecule has 2 saturated heterocycles. The lowest BCUT2D eigenvalue weighted by Crippen LogP contribution is -2.60. The Balaban J connectivity index is 2.31. The fraction of sp³-hybridized carbons (Fsp3) is 0.941. The molecule has 5 nitrogen and oxygen atoms in total. The molecule has 0 aromatic heterocycles. The van der Waals surface area contributed by atoms with Crippen molar-refractivity contribution in [3.63, 3.8) is 0 Å². The van der Waals surface area contributed by atoms with Crippen LogP contribution in [-0.4, -0.2) is 54.5 Å². The molecule has 0 aromatic rings. The lowest BCUT2D eigenvalue weighted by molar-refractivity contribution is -0.287. The normalized spacial score (nSPS) is 37.3. The molecule has 5 heteroatoms. The molecule has 0 aromatic carbocycles. The van der Waals surface area contributed by atoms with E-state index in [-0.39, 0.29) is 6.10 Å². The fourth-order valence-electron chi connectivity index (χ4n) is 3.52. The second kappa shape index (κ2) is 6.46. The molecule has 0 saturated carbocycles. The number of hydrogen-bond donors (Lipinski definition) is 0. The number of methoxy groups -OCH3 is 1. The van der Waals surface area contributed by atoms with Gasteiger partial charge in [0.1, 0.15) is 11.7 Å². The van der Waals surface area contributed by atoms with Crippen LogP contribution in [0, 0.1) is 5.92 Å². The van der Waals surface area contributed by atoms with Gasteiger partial charge in [-0.15, -0.1) is 0 Å². The Bertz CT molecular complexity index is 422. The number of rotatable bonds is 4. The van der Waals surface area contributed by atoms with Gasteiger partial charge in [-0.2, -0.15) is 5.10 Å². The predicted molar refractivity (Wildman–Crippen MR) is 88.0 cm³/mol. The highest BCUT2D eigenvalue weighted by Gasteiger charge is 2.49. The summed E-state index contributed by atoms with van der Waals surface area (Å²) in [6, 6.07) is 0.357. The molecule has 0 unspecified atom stereocenters. The minimum absolute atomic E-state index is 0.0556. The van der Waals surface area contributed by atoms with Gasteiger partial charge in [0.05, 0.1) is 18.4 Å². The highest BCUT2D eigenvalue weighted by molar-refractivity contribution is 5.96. The SMILES string of the molecule is COC[C@H]1CCCN1N=C1[C@@H](C)OC(C)(C)O[C@@]1(C)C(C)C. The maximum atomic E-state index is 6.30. The topological polar surface area (TPSA) is 43.3 Å². The third-order valence-electron chi connectivity index (χ3n) is 4.86. The predicted octanol–water partition coefficient (Wildman–Crippen LogP) is 3.04. The maximum Gasteiger partial charge on any atom is 0.164 e. The highest BCUT2D eigenvalue weighted by atomic mass is 16.7. The first-order valence-corrected chi connectivity index (χ1v) is 8.42. The van der Waals surface area contributed by atoms with Crippen LogP contribution in [0.5, 0.6) is 0 Å². The average Bonchev–Trinajstić information content (AvgIpc) is 2.80. The van der Waals surface area contributed by atoms with E-state index >= 15 is 0 Å². The quantitative estimate of drug-likeness (QED) is 0.800. The largest absolute Gasteiger partial charge is 0.382 e. The Morgan fingerprint density at radius 2 is 2.05 bits per heavy atom. The Labute approximate surface area is 135 Å². The van der Waals surface area contributed by atoms with Crippen molar-refractivity contribution in [2.45, 2.75) is 77.9 Å². The van der Waals surface area contributed by atoms with Gasteiger partial charge in [0.15, 0.2) is 5.79 Å². The van der Waals surface area contributed by atoms with Crippen molar-refractivity contribution >= 4 is 5.71 Å². The minimum Gasteiger partial charge on any atom is -0.382 e. The van der Waals surface area contributed by atoms with Gasteiger partial charge in [0.2, 0.25) is 0 Å². The van der Waals surface area contributed by atoms with Crippen LogP contribution in [0.1, 0.15) is 54.4 Å². The van der Waals surface area contributed by atoms with Crippen LogP contribution in [0.25, 0.3) is 0 Å². The average molecular weight is 312 g/mol. The van der Waals surface area contributed by atoms with Gasteiger partial charge in [0.25, 0.3) is 0 Å². The Morgan fingerprint density at radius 3 is 2.64 bits per heavy atom. The summed E-state index contributed by atoms with van der Waals surface area (Å²) in [6.07, 6.45) is 2.23. The number of hydrazone groups is 1. The van der Waals surface area contributed by atoms with E-state index in [2.05, 4.69) is 32.7 Å². The van der Waals surface area contributed by atoms with Crippen molar-refractivity contribution in [3.05, 3.63) is 0 Å². The molecule has 0 spiro atoms. The smallest absolute Gasteiger partial charge is 0.164 e. The summed E-state index contributed by atoms with van der Waals surface area (Å²) in [7, 11) is 1.75. The number of hydrogen-bond acceptors (Lipinski definition) is 5. The molecular weight excluding hydrogens is 280 g/mol. The molecule has 2 fully saturated rings. The van der Waals surface area contributed by atoms with Gasteiger partial charge in [-0.1, -0.05) is 13.8 Å². The molecule has 0 aliphatic carbocycles. The zero-order valence-electron chi connectivity index (χ0n) is 15.2. The van der Waals surface area contributed by atoms with E-state index in [1.807, 2.05) is 13.8 Å². The van der Waals surface area contributed by atoms with Gasteiger partial charge >= 0.3 is 0 Å². The first-order chi connectivity index (χ1) is 10.2. The standard InChI is InChI=1S/C17H32N2O3/c1-12(2)17(6)15(13(3)21-16(4,5)22-17)18-19-10-8-9-14(19)11-20-7/h12-14H,8-11H2,1-7H3/t13-,14-,17+/m1/s1. The molecule has 0 N–H and O–H groups in total. The van der Waals surface area contributed by atoms with E-state index in [0.29, 0.717) is 12.0 Å². The highest BCUT2D eigenvalue weighted by Crippen LogP contribution is 2.37. The summed E-state index contributed by atoms with van der Waals surface area (Å²) in [5.74, 6) is -0.269. The molecule has 128 valence electrons. The van der Waals surface area contributed by atoms with E-state index < -0.39 is 11.4 Å². The molecule has 2 aliphatic rings. The van der Waals surface area contributed by atoms with E-state index in [1.54, 1.807) is 7.11 Å². The zero-order valence-corrected chi connectivity index (χ0v) is 15.2. The summed E-state index contributed by atoms with van der Waals surface area (Å²) in [6.45, 7) is 14.2. The molecule has 2 aliphatic heterocycles. The van der Waals surface area contributed by atoms with Crippen molar-refractivity contribution < 1.29 is 14.2 Å². The molecule has 2 rings (SSSR count). The number of nitrogens with zero attached hydrogens (tertiary/aromatic N) is 2. The summed E-state index contributed by atoms with van der Waals surface area (Å²) >= 11 is 0. The van der Waals surface area contributed by atoms with Crippen LogP contribution in [0.15, 0.2) is 5.10 Å². The van der Waals surface area contributed by atoms with Gasteiger partial charge in [0, 0.05) is 13.7 Å². The molecule has 0 radical (unpaired) electrons. The first kappa shape index (κ1) is 17.7. The van der Waals surface area contributed by atoms with Crippen LogP contribution in [0.3, 0.4) is 0 Å². The van der Waals surface area contributed by atoms with E-state index in [0.717, 1.165) is 31.7 Å². The lowest BCUT2D eigenvalue weighted by Gasteiger charge is -2.49. The lowest BCUT2D eigenvalue weighted by atomic mass is 9.83. The minimum atomic E-state index is -0.589. The van der Waals surface area contributed by atoms with E-state index in [9.17, 15) is 0 Å². The summed E-state index contributed by atoms with van der Waals surface area (Å²) < 4.78 is 17.7. The third-order valence-corrected chi connectivity index (χ3v) is 4.86. The van der Waals surface area contributed by atoms with Gasteiger partial charge in [-0.05, 0) is 46.5 Å². The van der Waals surface area contributed by atoms with Crippen molar-refractivity contribution in [1.82, 2.24) is 5.01 Å². The Morgan fingerprint density at radius 1 is 1.36 bits per heavy atom. The van der Waals surface area contributed by atoms with Gasteiger partial charge in [-0.25, -0.2) is 0 Å². The monoisotopic (exact) mass is 312 g/mol. The Hall–Kier alpha value is -0.650. The zero-order chi connectivity index (χ0) is 16.5. The molecule has 0 bridgehead atoms. The third kappa shape index (κ3) is 3.47. The van der Waals surface area contributed by atoms with Gasteiger partial charge < -0.3 is 14.2 Å². The van der Waals surface area contributed by atoms with Crippen molar-refractivity contribution in [1.29, 1.82) is 0 Å². The molecular formula is C17H32N2O3. The van der Waals surface area contributed by atoms with Crippen molar-refractivity contribution in [2.24, 2.45) is 11.0 Å². The van der Waals surface area contributed by atoms with Crippen LogP contribution < -0.4 is 0 Å².